The maximum absolute atomic E-state index is 4.37. The average molecular weight is 269 g/mol. The van der Waals surface area contributed by atoms with Crippen LogP contribution in [0.2, 0.25) is 0 Å². The number of thiophene rings is 1. The van der Waals surface area contributed by atoms with E-state index in [1.165, 1.54) is 0 Å². The predicted molar refractivity (Wildman–Crippen MR) is 75.3 cm³/mol. The fourth-order valence-corrected chi connectivity index (χ4v) is 3.03. The van der Waals surface area contributed by atoms with Gasteiger partial charge in [-0.15, -0.1) is 21.5 Å². The molecule has 1 N–H and O–H groups in total. The second-order valence-corrected chi connectivity index (χ2v) is 5.28. The summed E-state index contributed by atoms with van der Waals surface area (Å²) < 4.78 is 1.99. The molecule has 0 radical (unpaired) electrons. The summed E-state index contributed by atoms with van der Waals surface area (Å²) in [7, 11) is 0. The van der Waals surface area contributed by atoms with Crippen molar-refractivity contribution < 1.29 is 0 Å². The molecule has 0 amide bonds. The Kier molecular flexibility index (Phi) is 2.19. The minimum absolute atomic E-state index is 0.803. The minimum Gasteiger partial charge on any atom is -0.281 e. The standard InChI is InChI=1S/C13H11N5S/c1-2-9-8-5-6-18-12(10-4-3-7-19-10)16-17-13(18)11(8)15-14-9/h3-7H,2H2,1H3,(H,14,15). The van der Waals surface area contributed by atoms with Gasteiger partial charge in [-0.3, -0.25) is 9.50 Å². The van der Waals surface area contributed by atoms with E-state index < -0.39 is 0 Å². The Labute approximate surface area is 112 Å². The molecule has 4 aromatic rings. The second kappa shape index (κ2) is 3.89. The molecule has 0 atom stereocenters. The fraction of sp³-hybridized carbons (Fsp3) is 0.154. The molecule has 0 unspecified atom stereocenters. The van der Waals surface area contributed by atoms with Crippen LogP contribution in [0.4, 0.5) is 0 Å². The molecule has 6 heteroatoms. The molecule has 0 aliphatic heterocycles. The number of pyridine rings is 1. The van der Waals surface area contributed by atoms with Crippen molar-refractivity contribution in [1.29, 1.82) is 0 Å². The van der Waals surface area contributed by atoms with E-state index in [2.05, 4.69) is 33.4 Å². The Bertz CT molecular complexity index is 856. The lowest BCUT2D eigenvalue weighted by Crippen LogP contribution is -1.88. The zero-order valence-electron chi connectivity index (χ0n) is 10.3. The van der Waals surface area contributed by atoms with Crippen LogP contribution in [0, 0.1) is 0 Å². The van der Waals surface area contributed by atoms with Crippen LogP contribution < -0.4 is 0 Å². The van der Waals surface area contributed by atoms with Crippen LogP contribution >= 0.6 is 11.3 Å². The van der Waals surface area contributed by atoms with Crippen molar-refractivity contribution in [2.24, 2.45) is 0 Å². The van der Waals surface area contributed by atoms with Gasteiger partial charge in [0.1, 0.15) is 5.52 Å². The van der Waals surface area contributed by atoms with Gasteiger partial charge in [0.2, 0.25) is 0 Å². The summed E-state index contributed by atoms with van der Waals surface area (Å²) in [5, 5.41) is 19.2. The zero-order chi connectivity index (χ0) is 12.8. The monoisotopic (exact) mass is 269 g/mol. The van der Waals surface area contributed by atoms with Crippen molar-refractivity contribution in [2.75, 3.05) is 0 Å². The molecule has 4 heterocycles. The minimum atomic E-state index is 0.803. The molecule has 5 nitrogen and oxygen atoms in total. The summed E-state index contributed by atoms with van der Waals surface area (Å²) in [6.07, 6.45) is 2.94. The molecule has 0 fully saturated rings. The molecule has 0 bridgehead atoms. The number of hydrogen-bond acceptors (Lipinski definition) is 4. The van der Waals surface area contributed by atoms with E-state index in [9.17, 15) is 0 Å². The third-order valence-corrected chi connectivity index (χ3v) is 4.14. The van der Waals surface area contributed by atoms with Gasteiger partial charge in [-0.05, 0) is 23.9 Å². The maximum Gasteiger partial charge on any atom is 0.189 e. The normalized spacial score (nSPS) is 11.6. The van der Waals surface area contributed by atoms with Crippen molar-refractivity contribution in [3.05, 3.63) is 35.5 Å². The lowest BCUT2D eigenvalue weighted by molar-refractivity contribution is 0.988. The summed E-state index contributed by atoms with van der Waals surface area (Å²) in [4.78, 5) is 1.11. The van der Waals surface area contributed by atoms with Gasteiger partial charge in [0.05, 0.1) is 4.88 Å². The Morgan fingerprint density at radius 3 is 3.05 bits per heavy atom. The average Bonchev–Trinajstić information content (AvgIpc) is 3.15. The lowest BCUT2D eigenvalue weighted by atomic mass is 10.2. The molecule has 4 aromatic heterocycles. The van der Waals surface area contributed by atoms with E-state index in [1.54, 1.807) is 11.3 Å². The molecule has 19 heavy (non-hydrogen) atoms. The van der Waals surface area contributed by atoms with Crippen molar-refractivity contribution >= 4 is 27.9 Å². The highest BCUT2D eigenvalue weighted by Crippen LogP contribution is 2.26. The number of aryl methyl sites for hydroxylation is 1. The van der Waals surface area contributed by atoms with Crippen molar-refractivity contribution in [1.82, 2.24) is 24.8 Å². The van der Waals surface area contributed by atoms with E-state index in [4.69, 9.17) is 0 Å². The highest BCUT2D eigenvalue weighted by molar-refractivity contribution is 7.13. The highest BCUT2D eigenvalue weighted by atomic mass is 32.1. The first-order valence-corrected chi connectivity index (χ1v) is 7.01. The summed E-state index contributed by atoms with van der Waals surface area (Å²) in [5.41, 5.74) is 2.82. The van der Waals surface area contributed by atoms with Crippen LogP contribution in [0.1, 0.15) is 12.6 Å². The third-order valence-electron chi connectivity index (χ3n) is 3.28. The Balaban J connectivity index is 2.06. The SMILES string of the molecule is CCc1[nH]nc2c1ccn1c(-c3cccs3)nnc21. The van der Waals surface area contributed by atoms with Gasteiger partial charge in [-0.1, -0.05) is 13.0 Å². The number of hydrogen-bond donors (Lipinski definition) is 1. The van der Waals surface area contributed by atoms with E-state index in [1.807, 2.05) is 28.1 Å². The first kappa shape index (κ1) is 10.7. The summed E-state index contributed by atoms with van der Waals surface area (Å²) >= 11 is 1.66. The third kappa shape index (κ3) is 1.43. The second-order valence-electron chi connectivity index (χ2n) is 4.33. The Hall–Kier alpha value is -2.21. The van der Waals surface area contributed by atoms with Crippen LogP contribution in [0.5, 0.6) is 0 Å². The van der Waals surface area contributed by atoms with Crippen LogP contribution in [0.25, 0.3) is 27.3 Å². The molecule has 0 spiro atoms. The van der Waals surface area contributed by atoms with E-state index in [0.29, 0.717) is 0 Å². The van der Waals surface area contributed by atoms with Crippen LogP contribution in [-0.2, 0) is 6.42 Å². The molecule has 0 saturated heterocycles. The van der Waals surface area contributed by atoms with E-state index in [-0.39, 0.29) is 0 Å². The van der Waals surface area contributed by atoms with Crippen molar-refractivity contribution in [2.45, 2.75) is 13.3 Å². The number of fused-ring (bicyclic) bond motifs is 3. The van der Waals surface area contributed by atoms with Gasteiger partial charge in [-0.25, -0.2) is 0 Å². The molecular formula is C13H11N5S. The van der Waals surface area contributed by atoms with Crippen molar-refractivity contribution in [3.63, 3.8) is 0 Å². The molecule has 94 valence electrons. The molecular weight excluding hydrogens is 258 g/mol. The van der Waals surface area contributed by atoms with Crippen molar-refractivity contribution in [3.8, 4) is 10.7 Å². The smallest absolute Gasteiger partial charge is 0.189 e. The summed E-state index contributed by atoms with van der Waals surface area (Å²) in [5.74, 6) is 0.868. The first-order valence-electron chi connectivity index (χ1n) is 6.13. The highest BCUT2D eigenvalue weighted by Gasteiger charge is 2.14. The van der Waals surface area contributed by atoms with Gasteiger partial charge in [0.25, 0.3) is 0 Å². The Morgan fingerprint density at radius 1 is 1.32 bits per heavy atom. The molecule has 0 aliphatic rings. The van der Waals surface area contributed by atoms with Crippen LogP contribution in [0.15, 0.2) is 29.8 Å². The predicted octanol–water partition coefficient (Wildman–Crippen LogP) is 2.90. The summed E-state index contributed by atoms with van der Waals surface area (Å²) in [6.45, 7) is 2.11. The first-order chi connectivity index (χ1) is 9.38. The number of rotatable bonds is 2. The van der Waals surface area contributed by atoms with Gasteiger partial charge in [0.15, 0.2) is 11.5 Å². The Morgan fingerprint density at radius 2 is 2.26 bits per heavy atom. The van der Waals surface area contributed by atoms with Gasteiger partial charge in [-0.2, -0.15) is 5.10 Å². The quantitative estimate of drug-likeness (QED) is 0.608. The van der Waals surface area contributed by atoms with Gasteiger partial charge < -0.3 is 0 Å². The number of aromatic amines is 1. The van der Waals surface area contributed by atoms with Gasteiger partial charge >= 0.3 is 0 Å². The maximum atomic E-state index is 4.37. The van der Waals surface area contributed by atoms with Gasteiger partial charge in [0, 0.05) is 17.3 Å². The lowest BCUT2D eigenvalue weighted by Gasteiger charge is -1.97. The number of aromatic nitrogens is 5. The zero-order valence-corrected chi connectivity index (χ0v) is 11.1. The number of nitrogens with zero attached hydrogens (tertiary/aromatic N) is 4. The largest absolute Gasteiger partial charge is 0.281 e. The number of H-pyrrole nitrogens is 1. The molecule has 0 aliphatic carbocycles. The number of nitrogens with one attached hydrogen (secondary N) is 1. The molecule has 4 rings (SSSR count). The summed E-state index contributed by atoms with van der Waals surface area (Å²) in [6, 6.07) is 6.14. The van der Waals surface area contributed by atoms with E-state index >= 15 is 0 Å². The van der Waals surface area contributed by atoms with Crippen LogP contribution in [0.3, 0.4) is 0 Å². The topological polar surface area (TPSA) is 58.9 Å². The fourth-order valence-electron chi connectivity index (χ4n) is 2.32. The van der Waals surface area contributed by atoms with E-state index in [0.717, 1.165) is 39.4 Å². The van der Waals surface area contributed by atoms with Crippen LogP contribution in [-0.4, -0.2) is 24.8 Å². The molecule has 0 aromatic carbocycles. The molecule has 0 saturated carbocycles.